The summed E-state index contributed by atoms with van der Waals surface area (Å²) in [5.41, 5.74) is 10.6. The van der Waals surface area contributed by atoms with Crippen LogP contribution < -0.4 is 76.7 Å². The number of nitrogens with zero attached hydrogens (tertiary/aromatic N) is 16. The van der Waals surface area contributed by atoms with Gasteiger partial charge in [-0.15, -0.1) is 0 Å². The normalized spacial score (nSPS) is 9.77. The van der Waals surface area contributed by atoms with Crippen LogP contribution in [0.2, 0.25) is 0 Å². The van der Waals surface area contributed by atoms with Crippen molar-refractivity contribution in [3.63, 3.8) is 0 Å². The van der Waals surface area contributed by atoms with Crippen molar-refractivity contribution in [3.05, 3.63) is 437 Å². The lowest BCUT2D eigenvalue weighted by Crippen LogP contribution is -2.39. The molecule has 0 radical (unpaired) electrons. The first-order valence-electron chi connectivity index (χ1n) is 37.9. The number of hydrogen-bond donors (Lipinski definition) is 0. The summed E-state index contributed by atoms with van der Waals surface area (Å²) >= 11 is 0. The van der Waals surface area contributed by atoms with Crippen molar-refractivity contribution in [2.45, 2.75) is 52.4 Å². The maximum absolute atomic E-state index is 9.89. The molecular formula is C88H104B4F4N16O8. The standard InChI is InChI=1S/8C11H13N2.4BFO2/c8*1-12-6-4-5-11(9-12)10-13-7-2-3-8-13;4*2-1(3)4/h8*2-9H,10H2,1H3;;;;/q8*+1;4*-2. The van der Waals surface area contributed by atoms with Gasteiger partial charge >= 0.3 is 0 Å². The fourth-order valence-electron chi connectivity index (χ4n) is 11.4. The maximum atomic E-state index is 9.89. The van der Waals surface area contributed by atoms with E-state index in [1.807, 2.05) is 203 Å². The lowest BCUT2D eigenvalue weighted by Gasteiger charge is -2.09. The third-order valence-electron chi connectivity index (χ3n) is 16.3. The molecule has 16 aromatic rings. The Hall–Kier alpha value is -12.9. The van der Waals surface area contributed by atoms with Crippen LogP contribution in [0.5, 0.6) is 0 Å². The summed E-state index contributed by atoms with van der Waals surface area (Å²) in [6.07, 6.45) is 66.7. The van der Waals surface area contributed by atoms with Crippen LogP contribution in [-0.2, 0) is 109 Å². The van der Waals surface area contributed by atoms with E-state index in [2.05, 4.69) is 319 Å². The van der Waals surface area contributed by atoms with Gasteiger partial charge in [0.2, 0.25) is 0 Å². The summed E-state index contributed by atoms with van der Waals surface area (Å²) in [6, 6.07) is 66.4. The Morgan fingerprint density at radius 1 is 0.183 bits per heavy atom. The van der Waals surface area contributed by atoms with Crippen LogP contribution in [0.4, 0.5) is 17.3 Å². The second-order valence-corrected chi connectivity index (χ2v) is 27.0. The van der Waals surface area contributed by atoms with Crippen molar-refractivity contribution in [3.8, 4) is 0 Å². The molecule has 16 heterocycles. The molecule has 0 spiro atoms. The van der Waals surface area contributed by atoms with E-state index < -0.39 is 29.6 Å². The first kappa shape index (κ1) is 97.7. The Labute approximate surface area is 702 Å². The highest BCUT2D eigenvalue weighted by Gasteiger charge is 2.05. The van der Waals surface area contributed by atoms with Crippen LogP contribution >= 0.6 is 0 Å². The van der Waals surface area contributed by atoms with Crippen LogP contribution in [0.3, 0.4) is 0 Å². The van der Waals surface area contributed by atoms with Gasteiger partial charge in [-0.2, -0.15) is 0 Å². The van der Waals surface area contributed by atoms with Crippen LogP contribution in [0.25, 0.3) is 0 Å². The Kier molecular flexibility index (Phi) is 46.6. The molecule has 624 valence electrons. The molecule has 0 saturated carbocycles. The van der Waals surface area contributed by atoms with Gasteiger partial charge in [0.05, 0.1) is 52.4 Å². The van der Waals surface area contributed by atoms with Gasteiger partial charge in [-0.05, 0) is 146 Å². The zero-order valence-electron chi connectivity index (χ0n) is 68.8. The summed E-state index contributed by atoms with van der Waals surface area (Å²) in [5, 5.41) is 66.4. The van der Waals surface area contributed by atoms with Crippen LogP contribution in [0, 0.1) is 0 Å². The van der Waals surface area contributed by atoms with Gasteiger partial charge in [0, 0.05) is 192 Å². The molecule has 32 heteroatoms. The van der Waals surface area contributed by atoms with E-state index >= 15 is 0 Å². The zero-order valence-corrected chi connectivity index (χ0v) is 68.8. The molecule has 24 nitrogen and oxygen atoms in total. The minimum atomic E-state index is -3.17. The second-order valence-electron chi connectivity index (χ2n) is 27.0. The van der Waals surface area contributed by atoms with Gasteiger partial charge in [-0.1, -0.05) is 0 Å². The minimum Gasteiger partial charge on any atom is -0.867 e. The van der Waals surface area contributed by atoms with Gasteiger partial charge < -0.3 is 94.0 Å². The summed E-state index contributed by atoms with van der Waals surface area (Å²) in [5.74, 6) is 0. The highest BCUT2D eigenvalue weighted by atomic mass is 19.1. The Balaban J connectivity index is 0.000000238. The van der Waals surface area contributed by atoms with Crippen molar-refractivity contribution in [2.24, 2.45) is 56.4 Å². The van der Waals surface area contributed by atoms with Gasteiger partial charge in [0.15, 0.2) is 99.1 Å². The molecule has 0 unspecified atom stereocenters. The number of aryl methyl sites for hydroxylation is 8. The summed E-state index contributed by atoms with van der Waals surface area (Å²) in [4.78, 5) is 0. The van der Waals surface area contributed by atoms with Gasteiger partial charge in [-0.25, -0.2) is 36.5 Å². The second kappa shape index (κ2) is 57.2. The van der Waals surface area contributed by atoms with E-state index in [-0.39, 0.29) is 0 Å². The molecule has 0 saturated heterocycles. The zero-order chi connectivity index (χ0) is 87.1. The van der Waals surface area contributed by atoms with Gasteiger partial charge in [-0.3, -0.25) is 0 Å². The van der Waals surface area contributed by atoms with Crippen molar-refractivity contribution >= 4 is 29.6 Å². The lowest BCUT2D eigenvalue weighted by molar-refractivity contribution is -0.672. The van der Waals surface area contributed by atoms with Crippen LogP contribution in [0.1, 0.15) is 44.5 Å². The Morgan fingerprint density at radius 3 is 0.342 bits per heavy atom. The molecule has 0 bridgehead atoms. The highest BCUT2D eigenvalue weighted by Crippen LogP contribution is 2.07. The molecule has 16 aromatic heterocycles. The van der Waals surface area contributed by atoms with Crippen molar-refractivity contribution in [1.82, 2.24) is 36.5 Å². The predicted molar refractivity (Wildman–Crippen MR) is 437 cm³/mol. The predicted octanol–water partition coefficient (Wildman–Crippen LogP) is 1.53. The smallest absolute Gasteiger partial charge is 0.173 e. The summed E-state index contributed by atoms with van der Waals surface area (Å²) in [7, 11) is 3.66. The first-order valence-corrected chi connectivity index (χ1v) is 37.9. The van der Waals surface area contributed by atoms with Crippen molar-refractivity contribution in [2.75, 3.05) is 0 Å². The van der Waals surface area contributed by atoms with Crippen molar-refractivity contribution in [1.29, 1.82) is 0 Å². The average molecular weight is 1630 g/mol. The number of hydrogen-bond acceptors (Lipinski definition) is 8. The highest BCUT2D eigenvalue weighted by molar-refractivity contribution is 6.27. The number of pyridine rings is 8. The minimum absolute atomic E-state index is 0.946. The molecule has 0 aliphatic heterocycles. The molecule has 0 amide bonds. The quantitative estimate of drug-likeness (QED) is 0.0777. The topological polar surface area (TPSA) is 255 Å². The molecular weight excluding hydrogens is 1530 g/mol. The van der Waals surface area contributed by atoms with E-state index in [0.717, 1.165) is 52.4 Å². The van der Waals surface area contributed by atoms with E-state index in [4.69, 9.17) is 40.2 Å². The summed E-state index contributed by atoms with van der Waals surface area (Å²) in [6.45, 7) is 7.57. The van der Waals surface area contributed by atoms with E-state index in [9.17, 15) is 17.3 Å². The molecule has 0 atom stereocenters. The summed E-state index contributed by atoms with van der Waals surface area (Å²) < 4.78 is 73.4. The lowest BCUT2D eigenvalue weighted by atomic mass is 10.3. The van der Waals surface area contributed by atoms with Crippen molar-refractivity contribution < 1.29 is 94.0 Å². The third kappa shape index (κ3) is 47.3. The Morgan fingerprint density at radius 2 is 0.267 bits per heavy atom. The van der Waals surface area contributed by atoms with E-state index in [1.165, 1.54) is 44.5 Å². The van der Waals surface area contributed by atoms with Crippen LogP contribution in [0.15, 0.2) is 392 Å². The van der Waals surface area contributed by atoms with Gasteiger partial charge in [0.1, 0.15) is 86.0 Å². The number of rotatable bonds is 16. The largest absolute Gasteiger partial charge is 0.867 e. The van der Waals surface area contributed by atoms with E-state index in [1.54, 1.807) is 0 Å². The third-order valence-corrected chi connectivity index (χ3v) is 16.3. The first-order chi connectivity index (χ1) is 57.7. The number of aromatic nitrogens is 16. The Bertz CT molecular complexity index is 4230. The van der Waals surface area contributed by atoms with Gasteiger partial charge in [0.25, 0.3) is 0 Å². The molecule has 0 aliphatic carbocycles. The molecule has 0 aliphatic rings. The molecule has 16 rings (SSSR count). The fourth-order valence-corrected chi connectivity index (χ4v) is 11.4. The molecule has 0 N–H and O–H groups in total. The maximum Gasteiger partial charge on any atom is 0.173 e. The SMILES string of the molecule is C[n+]1cccc(Cn2cccc2)c1.C[n+]1cccc(Cn2cccc2)c1.C[n+]1cccc(Cn2cccc2)c1.C[n+]1cccc(Cn2cccc2)c1.C[n+]1cccc(Cn2cccc2)c1.C[n+]1cccc(Cn2cccc2)c1.C[n+]1cccc(Cn2cccc2)c1.C[n+]1cccc(Cn2cccc2)c1.[O-]B([O-])F.[O-]B([O-])F.[O-]B([O-])F.[O-]B([O-])F. The van der Waals surface area contributed by atoms with E-state index in [0.29, 0.717) is 0 Å². The fraction of sp³-hybridized carbons (Fsp3) is 0.182. The molecule has 0 aromatic carbocycles. The average Bonchev–Trinajstić information content (AvgIpc) is 1.82. The monoisotopic (exact) mass is 1630 g/mol. The molecule has 0 fully saturated rings. The van der Waals surface area contributed by atoms with Crippen LogP contribution in [-0.4, -0.2) is 66.1 Å². The molecule has 120 heavy (non-hydrogen) atoms. The number of halogens is 4.